The highest BCUT2D eigenvalue weighted by atomic mass is 16.5. The molecule has 26 heavy (non-hydrogen) atoms. The molecule has 1 fully saturated rings. The van der Waals surface area contributed by atoms with Crippen molar-refractivity contribution in [3.63, 3.8) is 0 Å². The Bertz CT molecular complexity index is 773. The maximum atomic E-state index is 9.14. The number of benzene rings is 1. The fourth-order valence-corrected chi connectivity index (χ4v) is 3.26. The molecule has 0 bridgehead atoms. The molecule has 3 N–H and O–H groups in total. The SMILES string of the molecule is Cn1nc(N)c(C#N)c1NCCCOc1cccc(CN2CCCC2)c1. The van der Waals surface area contributed by atoms with Gasteiger partial charge in [-0.25, -0.2) is 4.68 Å². The second-order valence-electron chi connectivity index (χ2n) is 6.60. The summed E-state index contributed by atoms with van der Waals surface area (Å²) in [6.45, 7) is 4.67. The van der Waals surface area contributed by atoms with E-state index in [-0.39, 0.29) is 5.82 Å². The van der Waals surface area contributed by atoms with Crippen LogP contribution in [0.4, 0.5) is 11.6 Å². The van der Waals surface area contributed by atoms with Crippen LogP contribution < -0.4 is 15.8 Å². The predicted octanol–water partition coefficient (Wildman–Crippen LogP) is 2.35. The lowest BCUT2D eigenvalue weighted by atomic mass is 10.2. The fraction of sp³-hybridized carbons (Fsp3) is 0.474. The Morgan fingerprint density at radius 3 is 2.92 bits per heavy atom. The molecule has 1 aliphatic rings. The maximum absolute atomic E-state index is 9.14. The van der Waals surface area contributed by atoms with E-state index in [2.05, 4.69) is 39.6 Å². The largest absolute Gasteiger partial charge is 0.494 e. The summed E-state index contributed by atoms with van der Waals surface area (Å²) in [5.74, 6) is 1.81. The zero-order valence-corrected chi connectivity index (χ0v) is 15.2. The summed E-state index contributed by atoms with van der Waals surface area (Å²) in [6.07, 6.45) is 3.42. The Labute approximate surface area is 154 Å². The molecule has 1 aromatic heterocycles. The minimum absolute atomic E-state index is 0.253. The second-order valence-corrected chi connectivity index (χ2v) is 6.60. The van der Waals surface area contributed by atoms with Gasteiger partial charge in [-0.15, -0.1) is 0 Å². The Hall–Kier alpha value is -2.72. The summed E-state index contributed by atoms with van der Waals surface area (Å²) in [5.41, 5.74) is 7.40. The quantitative estimate of drug-likeness (QED) is 0.707. The van der Waals surface area contributed by atoms with Gasteiger partial charge in [0, 0.05) is 20.1 Å². The molecule has 0 unspecified atom stereocenters. The van der Waals surface area contributed by atoms with Crippen LogP contribution in [0.5, 0.6) is 5.75 Å². The minimum atomic E-state index is 0.253. The Morgan fingerprint density at radius 1 is 1.35 bits per heavy atom. The van der Waals surface area contributed by atoms with Crippen molar-refractivity contribution in [3.8, 4) is 11.8 Å². The van der Waals surface area contributed by atoms with Crippen molar-refractivity contribution in [1.29, 1.82) is 5.26 Å². The fourth-order valence-electron chi connectivity index (χ4n) is 3.26. The summed E-state index contributed by atoms with van der Waals surface area (Å²) in [6, 6.07) is 10.4. The van der Waals surface area contributed by atoms with E-state index in [1.54, 1.807) is 11.7 Å². The molecule has 3 rings (SSSR count). The molecule has 0 atom stereocenters. The zero-order chi connectivity index (χ0) is 18.4. The van der Waals surface area contributed by atoms with E-state index in [1.807, 2.05) is 6.07 Å². The zero-order valence-electron chi connectivity index (χ0n) is 15.2. The number of ether oxygens (including phenoxy) is 1. The number of likely N-dealkylation sites (tertiary alicyclic amines) is 1. The number of anilines is 2. The van der Waals surface area contributed by atoms with Crippen molar-refractivity contribution in [2.45, 2.75) is 25.8 Å². The van der Waals surface area contributed by atoms with Crippen LogP contribution in [0.3, 0.4) is 0 Å². The molecular weight excluding hydrogens is 328 g/mol. The number of nitrogens with zero attached hydrogens (tertiary/aromatic N) is 4. The number of rotatable bonds is 8. The Kier molecular flexibility index (Phi) is 5.97. The number of nitrogens with one attached hydrogen (secondary N) is 1. The highest BCUT2D eigenvalue weighted by molar-refractivity contribution is 5.63. The Morgan fingerprint density at radius 2 is 2.15 bits per heavy atom. The van der Waals surface area contributed by atoms with Crippen LogP contribution in [-0.4, -0.2) is 40.9 Å². The molecule has 138 valence electrons. The first-order valence-electron chi connectivity index (χ1n) is 9.08. The van der Waals surface area contributed by atoms with E-state index in [0.717, 1.165) is 18.7 Å². The lowest BCUT2D eigenvalue weighted by molar-refractivity contribution is 0.310. The van der Waals surface area contributed by atoms with Gasteiger partial charge < -0.3 is 15.8 Å². The monoisotopic (exact) mass is 354 g/mol. The highest BCUT2D eigenvalue weighted by Crippen LogP contribution is 2.20. The van der Waals surface area contributed by atoms with Crippen molar-refractivity contribution in [1.82, 2.24) is 14.7 Å². The van der Waals surface area contributed by atoms with Gasteiger partial charge in [0.25, 0.3) is 0 Å². The normalized spacial score (nSPS) is 14.3. The summed E-state index contributed by atoms with van der Waals surface area (Å²) in [5, 5.41) is 16.4. The summed E-state index contributed by atoms with van der Waals surface area (Å²) < 4.78 is 7.46. The lowest BCUT2D eigenvalue weighted by Crippen LogP contribution is -2.18. The standard InChI is InChI=1S/C19H26N6O/c1-24-19(17(13-20)18(21)23-24)22-8-5-11-26-16-7-4-6-15(12-16)14-25-9-2-3-10-25/h4,6-7,12,22H,2-3,5,8-11,14H2,1H3,(H2,21,23). The first-order chi connectivity index (χ1) is 12.7. The van der Waals surface area contributed by atoms with Crippen LogP contribution in [0.15, 0.2) is 24.3 Å². The van der Waals surface area contributed by atoms with Gasteiger partial charge >= 0.3 is 0 Å². The number of nitrogen functional groups attached to an aromatic ring is 1. The third-order valence-electron chi connectivity index (χ3n) is 4.57. The number of nitrogens with two attached hydrogens (primary N) is 1. The summed E-state index contributed by atoms with van der Waals surface area (Å²) in [7, 11) is 1.77. The molecule has 0 spiro atoms. The molecule has 0 saturated carbocycles. The minimum Gasteiger partial charge on any atom is -0.494 e. The molecule has 7 heteroatoms. The van der Waals surface area contributed by atoms with Gasteiger partial charge in [0.05, 0.1) is 6.61 Å². The first-order valence-corrected chi connectivity index (χ1v) is 9.08. The van der Waals surface area contributed by atoms with Gasteiger partial charge in [0.2, 0.25) is 0 Å². The van der Waals surface area contributed by atoms with Crippen molar-refractivity contribution in [2.24, 2.45) is 7.05 Å². The lowest BCUT2D eigenvalue weighted by Gasteiger charge is -2.15. The van der Waals surface area contributed by atoms with Crippen LogP contribution in [0.25, 0.3) is 0 Å². The van der Waals surface area contributed by atoms with Crippen molar-refractivity contribution < 1.29 is 4.74 Å². The van der Waals surface area contributed by atoms with E-state index in [1.165, 1.54) is 31.5 Å². The van der Waals surface area contributed by atoms with Gasteiger partial charge in [0.1, 0.15) is 23.2 Å². The van der Waals surface area contributed by atoms with Crippen LogP contribution in [0, 0.1) is 11.3 Å². The van der Waals surface area contributed by atoms with E-state index in [4.69, 9.17) is 15.7 Å². The number of hydrogen-bond acceptors (Lipinski definition) is 6. The van der Waals surface area contributed by atoms with Gasteiger partial charge in [-0.05, 0) is 50.0 Å². The van der Waals surface area contributed by atoms with E-state index in [0.29, 0.717) is 24.5 Å². The second kappa shape index (κ2) is 8.59. The topological polar surface area (TPSA) is 92.1 Å². The molecular formula is C19H26N6O. The molecule has 0 amide bonds. The molecule has 0 aliphatic carbocycles. The van der Waals surface area contributed by atoms with E-state index < -0.39 is 0 Å². The van der Waals surface area contributed by atoms with Crippen molar-refractivity contribution >= 4 is 11.6 Å². The van der Waals surface area contributed by atoms with E-state index in [9.17, 15) is 0 Å². The molecule has 2 aromatic rings. The molecule has 0 radical (unpaired) electrons. The average molecular weight is 354 g/mol. The van der Waals surface area contributed by atoms with Gasteiger partial charge in [-0.2, -0.15) is 10.4 Å². The van der Waals surface area contributed by atoms with Gasteiger partial charge in [-0.3, -0.25) is 4.90 Å². The smallest absolute Gasteiger partial charge is 0.165 e. The highest BCUT2D eigenvalue weighted by Gasteiger charge is 2.13. The average Bonchev–Trinajstić information content (AvgIpc) is 3.22. The third kappa shape index (κ3) is 4.46. The number of nitriles is 1. The first kappa shape index (κ1) is 18.1. The number of hydrogen-bond donors (Lipinski definition) is 2. The van der Waals surface area contributed by atoms with Crippen molar-refractivity contribution in [2.75, 3.05) is 37.3 Å². The van der Waals surface area contributed by atoms with Crippen molar-refractivity contribution in [3.05, 3.63) is 35.4 Å². The Balaban J connectivity index is 1.43. The van der Waals surface area contributed by atoms with Crippen LogP contribution >= 0.6 is 0 Å². The van der Waals surface area contributed by atoms with Crippen LogP contribution in [-0.2, 0) is 13.6 Å². The summed E-state index contributed by atoms with van der Waals surface area (Å²) in [4.78, 5) is 2.48. The molecule has 1 aromatic carbocycles. The van der Waals surface area contributed by atoms with Crippen LogP contribution in [0.2, 0.25) is 0 Å². The molecule has 2 heterocycles. The number of aromatic nitrogens is 2. The van der Waals surface area contributed by atoms with Crippen LogP contribution in [0.1, 0.15) is 30.4 Å². The molecule has 1 aliphatic heterocycles. The van der Waals surface area contributed by atoms with Gasteiger partial charge in [0.15, 0.2) is 5.82 Å². The third-order valence-corrected chi connectivity index (χ3v) is 4.57. The summed E-state index contributed by atoms with van der Waals surface area (Å²) >= 11 is 0. The molecule has 7 nitrogen and oxygen atoms in total. The predicted molar refractivity (Wildman–Crippen MR) is 102 cm³/mol. The number of aryl methyl sites for hydroxylation is 1. The van der Waals surface area contributed by atoms with E-state index >= 15 is 0 Å². The molecule has 1 saturated heterocycles. The maximum Gasteiger partial charge on any atom is 0.165 e. The van der Waals surface area contributed by atoms with Gasteiger partial charge in [-0.1, -0.05) is 12.1 Å².